The lowest BCUT2D eigenvalue weighted by Crippen LogP contribution is -2.36. The molecule has 3 aliphatic heterocycles. The van der Waals surface area contributed by atoms with Crippen molar-refractivity contribution in [1.82, 2.24) is 13.7 Å². The fraction of sp³-hybridized carbons (Fsp3) is 0.364. The Morgan fingerprint density at radius 2 is 0.570 bits per heavy atom. The Kier molecular flexibility index (Phi) is 28.6. The standard InChI is InChI=1S/C35H44N3PS.C33H40N3PS.C31H36N3PS/c1-7-29(40)21-16-24-39-37(32(25(2)3)27-17-10-8-11-18-27)34-30-22-14-15-23-31(30)36(6)35(34)38(39)33(26(4)5)28-19-12-9-13-20-28;1-5-29(38)19-14-22-37-35(25(2)23-27-15-8-6-9-16-27)32-30-20-12-13-21-31(30)34(4)33(32)36(37)26(3)24-28-17-10-7-11-18-28;1-5-27(36)19-14-22-35-33(23(2)25-15-8-6-9-16-25)30-28-20-12-13-21-29(28)32(4)31(30)34(35)24(3)26-17-10-7-11-18-26/h8-15,17-20,22-23,25-26,32-33H,7,16,21,24H2,1-6H3;6-13,15-18,20-21,25-26H,5,14,19,22-24H2,1-4H3;6-13,15-18,20-21,23-24H,5,14,19,22H2,1-4H3/t32-,33-,39?;25-,26-,37?;23-,24-,35?/m000/s1. The molecular formula is C99H120N9P3S3. The summed E-state index contributed by atoms with van der Waals surface area (Å²) in [6, 6.07) is 95.1. The molecule has 0 aliphatic carbocycles. The highest BCUT2D eigenvalue weighted by Gasteiger charge is 2.50. The zero-order chi connectivity index (χ0) is 80.3. The van der Waals surface area contributed by atoms with Crippen LogP contribution in [0.15, 0.2) is 255 Å². The van der Waals surface area contributed by atoms with Crippen LogP contribution in [0, 0.1) is 11.8 Å². The monoisotopic (exact) mass is 1620 g/mol. The fourth-order valence-electron chi connectivity index (χ4n) is 17.9. The Labute approximate surface area is 702 Å². The maximum absolute atomic E-state index is 5.71. The predicted molar refractivity (Wildman–Crippen MR) is 512 cm³/mol. The zero-order valence-electron chi connectivity index (χ0n) is 69.9. The SMILES string of the molecule is CCC(=S)CCCP1N([C@@H](C)Cc2ccccc2)c2c(n(C)c3ccccc23)N1[C@@H](C)Cc1ccccc1.CCC(=S)CCCP1N([C@@H](C)c2ccccc2)c2c(n(C)c3ccccc23)N1[C@@H](C)c1ccccc1.CCC(=S)CCCP1N([C@H](c2ccccc2)C(C)C)c2c(n(C)c3ccccc23)N1[C@H](c1ccccc1)C(C)C. The van der Waals surface area contributed by atoms with Crippen LogP contribution in [0.3, 0.4) is 0 Å². The Bertz CT molecular complexity index is 5150. The number of anilines is 6. The minimum Gasteiger partial charge on any atom is -0.328 e. The number of nitrogens with zero attached hydrogens (tertiary/aromatic N) is 9. The van der Waals surface area contributed by atoms with Crippen LogP contribution in [0.2, 0.25) is 0 Å². The smallest absolute Gasteiger partial charge is 0.139 e. The molecule has 3 aromatic heterocycles. The lowest BCUT2D eigenvalue weighted by atomic mass is 9.95. The molecule has 114 heavy (non-hydrogen) atoms. The molecule has 12 aromatic rings. The summed E-state index contributed by atoms with van der Waals surface area (Å²) >= 11 is 17.0. The first-order chi connectivity index (χ1) is 55.4. The lowest BCUT2D eigenvalue weighted by Gasteiger charge is -2.44. The topological polar surface area (TPSA) is 34.2 Å². The molecule has 0 N–H and O–H groups in total. The van der Waals surface area contributed by atoms with Crippen molar-refractivity contribution in [3.63, 3.8) is 0 Å². The molecule has 3 unspecified atom stereocenters. The van der Waals surface area contributed by atoms with Gasteiger partial charge in [-0.15, -0.1) is 0 Å². The molecule has 0 radical (unpaired) electrons. The van der Waals surface area contributed by atoms with E-state index < -0.39 is 24.7 Å². The fourth-order valence-corrected chi connectivity index (χ4v) is 27.7. The van der Waals surface area contributed by atoms with Gasteiger partial charge in [-0.3, -0.25) is 0 Å². The van der Waals surface area contributed by atoms with Gasteiger partial charge in [0, 0.05) is 67.9 Å². The van der Waals surface area contributed by atoms with E-state index in [-0.39, 0.29) is 24.2 Å². The van der Waals surface area contributed by atoms with E-state index in [1.54, 1.807) is 0 Å². The third-order valence-corrected chi connectivity index (χ3v) is 33.3. The van der Waals surface area contributed by atoms with Crippen molar-refractivity contribution < 1.29 is 0 Å². The molecule has 9 nitrogen and oxygen atoms in total. The summed E-state index contributed by atoms with van der Waals surface area (Å²) in [5.41, 5.74) is 16.4. The van der Waals surface area contributed by atoms with Gasteiger partial charge in [0.15, 0.2) is 0 Å². The van der Waals surface area contributed by atoms with Crippen molar-refractivity contribution in [2.24, 2.45) is 33.0 Å². The van der Waals surface area contributed by atoms with Crippen molar-refractivity contribution >= 4 is 143 Å². The van der Waals surface area contributed by atoms with Crippen molar-refractivity contribution in [3.8, 4) is 0 Å². The summed E-state index contributed by atoms with van der Waals surface area (Å²) in [7, 11) is 4.88. The van der Waals surface area contributed by atoms with Gasteiger partial charge in [0.2, 0.25) is 0 Å². The van der Waals surface area contributed by atoms with Crippen molar-refractivity contribution in [2.45, 2.75) is 183 Å². The van der Waals surface area contributed by atoms with Crippen molar-refractivity contribution in [3.05, 3.63) is 288 Å². The molecule has 3 aliphatic rings. The van der Waals surface area contributed by atoms with Crippen LogP contribution >= 0.6 is 61.3 Å². The molecule has 0 saturated heterocycles. The lowest BCUT2D eigenvalue weighted by molar-refractivity contribution is 0.509. The van der Waals surface area contributed by atoms with E-state index in [0.717, 1.165) is 89.1 Å². The molecule has 15 rings (SSSR count). The Hall–Kier alpha value is -8.04. The number of rotatable bonds is 31. The average Bonchev–Trinajstić information content (AvgIpc) is 1.73. The van der Waals surface area contributed by atoms with E-state index in [2.05, 4.69) is 394 Å². The summed E-state index contributed by atoms with van der Waals surface area (Å²) in [4.78, 5) is 3.59. The second-order valence-electron chi connectivity index (χ2n) is 32.0. The minimum atomic E-state index is -0.692. The molecule has 0 amide bonds. The van der Waals surface area contributed by atoms with Crippen molar-refractivity contribution in [2.75, 3.05) is 46.5 Å². The van der Waals surface area contributed by atoms with Crippen LogP contribution in [0.1, 0.15) is 191 Å². The number of aromatic nitrogens is 3. The summed E-state index contributed by atoms with van der Waals surface area (Å²) in [6.45, 7) is 25.7. The van der Waals surface area contributed by atoms with Crippen LogP contribution in [-0.4, -0.2) is 58.9 Å². The third kappa shape index (κ3) is 17.8. The third-order valence-electron chi connectivity index (χ3n) is 23.6. The van der Waals surface area contributed by atoms with E-state index in [0.29, 0.717) is 23.9 Å². The van der Waals surface area contributed by atoms with Gasteiger partial charge in [-0.2, -0.15) is 0 Å². The van der Waals surface area contributed by atoms with Crippen LogP contribution in [0.5, 0.6) is 0 Å². The second-order valence-corrected chi connectivity index (χ2v) is 39.9. The molecule has 15 heteroatoms. The van der Waals surface area contributed by atoms with Crippen LogP contribution in [0.25, 0.3) is 32.7 Å². The van der Waals surface area contributed by atoms with Gasteiger partial charge >= 0.3 is 0 Å². The molecule has 0 saturated carbocycles. The van der Waals surface area contributed by atoms with E-state index in [9.17, 15) is 0 Å². The maximum Gasteiger partial charge on any atom is 0.139 e. The van der Waals surface area contributed by atoms with Gasteiger partial charge in [0.25, 0.3) is 0 Å². The number of hydrogen-bond acceptors (Lipinski definition) is 9. The number of para-hydroxylation sites is 3. The highest BCUT2D eigenvalue weighted by Crippen LogP contribution is 2.71. The largest absolute Gasteiger partial charge is 0.328 e. The number of benzene rings is 9. The quantitative estimate of drug-likeness (QED) is 0.0312. The highest BCUT2D eigenvalue weighted by atomic mass is 32.1. The molecule has 9 aromatic carbocycles. The molecule has 0 spiro atoms. The summed E-state index contributed by atoms with van der Waals surface area (Å²) in [5.74, 6) is 5.00. The predicted octanol–water partition coefficient (Wildman–Crippen LogP) is 28.6. The number of thiocarbonyl (C=S) groups is 3. The van der Waals surface area contributed by atoms with E-state index in [1.807, 2.05) is 0 Å². The Morgan fingerprint density at radius 1 is 0.298 bits per heavy atom. The summed E-state index contributed by atoms with van der Waals surface area (Å²) in [5, 5.41) is 4.07. The molecule has 0 bridgehead atoms. The normalized spacial score (nSPS) is 16.7. The van der Waals surface area contributed by atoms with Gasteiger partial charge in [-0.05, 0) is 176 Å². The first-order valence-corrected chi connectivity index (χ1v) is 47.5. The molecule has 0 fully saturated rings. The first kappa shape index (κ1) is 83.9. The van der Waals surface area contributed by atoms with E-state index >= 15 is 0 Å². The van der Waals surface area contributed by atoms with Gasteiger partial charge in [0.1, 0.15) is 17.5 Å². The Morgan fingerprint density at radius 3 is 0.939 bits per heavy atom. The first-order valence-electron chi connectivity index (χ1n) is 42.0. The average molecular weight is 1630 g/mol. The van der Waals surface area contributed by atoms with Crippen molar-refractivity contribution in [1.29, 1.82) is 0 Å². The van der Waals surface area contributed by atoms with E-state index in [4.69, 9.17) is 36.7 Å². The summed E-state index contributed by atoms with van der Waals surface area (Å²) in [6.07, 6.45) is 15.0. The van der Waals surface area contributed by atoms with Gasteiger partial charge in [-0.1, -0.05) is 322 Å². The number of hydrogen-bond donors (Lipinski definition) is 0. The second kappa shape index (κ2) is 38.8. The Balaban J connectivity index is 0.000000149. The van der Waals surface area contributed by atoms with Gasteiger partial charge in [0.05, 0.1) is 82.4 Å². The number of fused-ring (bicyclic) bond motifs is 9. The van der Waals surface area contributed by atoms with E-state index in [1.165, 1.54) is 115 Å². The zero-order valence-corrected chi connectivity index (χ0v) is 75.0. The number of aryl methyl sites for hydroxylation is 3. The summed E-state index contributed by atoms with van der Waals surface area (Å²) < 4.78 is 24.2. The maximum atomic E-state index is 5.71. The minimum absolute atomic E-state index is 0.269. The van der Waals surface area contributed by atoms with Crippen LogP contribution in [0.4, 0.5) is 34.5 Å². The molecule has 9 atom stereocenters. The van der Waals surface area contributed by atoms with Crippen LogP contribution in [-0.2, 0) is 34.0 Å². The van der Waals surface area contributed by atoms with Gasteiger partial charge < -0.3 is 41.7 Å². The van der Waals surface area contributed by atoms with Crippen LogP contribution < -0.4 is 28.0 Å². The molecule has 594 valence electrons. The molecule has 6 heterocycles. The molecular weight excluding hydrogens is 1500 g/mol. The highest BCUT2D eigenvalue weighted by molar-refractivity contribution is 7.80. The van der Waals surface area contributed by atoms with Gasteiger partial charge in [-0.25, -0.2) is 0 Å².